The lowest BCUT2D eigenvalue weighted by atomic mass is 10.1. The molecule has 0 aliphatic rings. The molecule has 0 aliphatic heterocycles. The number of hydrogen-bond acceptors (Lipinski definition) is 7. The van der Waals surface area contributed by atoms with Gasteiger partial charge in [0.05, 0.1) is 21.3 Å². The quantitative estimate of drug-likeness (QED) is 0.528. The smallest absolute Gasteiger partial charge is 0.182 e. The van der Waals surface area contributed by atoms with E-state index in [1.54, 1.807) is 6.92 Å². The Morgan fingerprint density at radius 2 is 0.967 bits per heavy atom. The summed E-state index contributed by atoms with van der Waals surface area (Å²) in [6, 6.07) is 13.0. The second-order valence-corrected chi connectivity index (χ2v) is 10.9. The van der Waals surface area contributed by atoms with Gasteiger partial charge in [-0.25, -0.2) is 16.8 Å². The zero-order valence-corrected chi connectivity index (χ0v) is 17.6. The summed E-state index contributed by atoms with van der Waals surface area (Å²) in [7, 11) is -7.67. The number of rotatable bonds is 6. The topological polar surface area (TPSA) is 129 Å². The van der Waals surface area contributed by atoms with Crippen molar-refractivity contribution in [2.45, 2.75) is 28.2 Å². The highest BCUT2D eigenvalue weighted by atomic mass is 32.2. The van der Waals surface area contributed by atoms with E-state index in [0.29, 0.717) is 5.56 Å². The molecule has 0 bridgehead atoms. The third kappa shape index (κ3) is 4.74. The Hall–Kier alpha value is -3.04. The summed E-state index contributed by atoms with van der Waals surface area (Å²) in [6.45, 7) is 1.67. The van der Waals surface area contributed by atoms with Crippen LogP contribution in [0.1, 0.15) is 16.7 Å². The molecule has 0 spiro atoms. The molecule has 7 nitrogen and oxygen atoms in total. The van der Waals surface area contributed by atoms with Crippen molar-refractivity contribution in [2.75, 3.05) is 0 Å². The Bertz CT molecular complexity index is 1180. The van der Waals surface area contributed by atoms with Crippen molar-refractivity contribution in [3.8, 4) is 17.2 Å². The monoisotopic (exact) mass is 448 g/mol. The number of hydrogen-bond donors (Lipinski definition) is 3. The van der Waals surface area contributed by atoms with Gasteiger partial charge in [-0.15, -0.1) is 0 Å². The molecule has 3 aromatic rings. The molecule has 0 heterocycles. The first kappa shape index (κ1) is 21.7. The van der Waals surface area contributed by atoms with Gasteiger partial charge in [-0.3, -0.25) is 0 Å². The Morgan fingerprint density at radius 1 is 0.633 bits per heavy atom. The summed E-state index contributed by atoms with van der Waals surface area (Å²) in [4.78, 5) is -0.0565. The first-order chi connectivity index (χ1) is 14.0. The van der Waals surface area contributed by atoms with Gasteiger partial charge in [0.15, 0.2) is 19.7 Å². The molecule has 9 heteroatoms. The molecule has 0 saturated carbocycles. The minimum atomic E-state index is -3.84. The molecule has 0 aliphatic carbocycles. The van der Waals surface area contributed by atoms with Crippen molar-refractivity contribution < 1.29 is 32.2 Å². The zero-order valence-electron chi connectivity index (χ0n) is 16.0. The Kier molecular flexibility index (Phi) is 5.78. The maximum atomic E-state index is 12.7. The molecule has 0 atom stereocenters. The predicted molar refractivity (Wildman–Crippen MR) is 111 cm³/mol. The molecule has 0 saturated heterocycles. The summed E-state index contributed by atoms with van der Waals surface area (Å²) in [5.41, 5.74) is 0.762. The van der Waals surface area contributed by atoms with E-state index in [2.05, 4.69) is 0 Å². The van der Waals surface area contributed by atoms with Crippen LogP contribution in [0.2, 0.25) is 0 Å². The maximum absolute atomic E-state index is 12.7. The van der Waals surface area contributed by atoms with E-state index in [0.717, 1.165) is 0 Å². The number of aromatic hydroxyl groups is 3. The standard InChI is InChI=1S/C21H20O7S2/c1-14-10-15(12-29(25,26)19-6-2-17(22)3-7-19)21(24)16(11-14)13-30(27,28)20-8-4-18(23)5-9-20/h2-11,22-24H,12-13H2,1H3. The van der Waals surface area contributed by atoms with Crippen molar-refractivity contribution in [3.63, 3.8) is 0 Å². The summed E-state index contributed by atoms with van der Waals surface area (Å²) in [6.07, 6.45) is 0. The second-order valence-electron chi connectivity index (χ2n) is 6.94. The fraction of sp³-hybridized carbons (Fsp3) is 0.143. The normalized spacial score (nSPS) is 12.0. The number of phenols is 3. The van der Waals surface area contributed by atoms with Crippen LogP contribution in [0, 0.1) is 6.92 Å². The van der Waals surface area contributed by atoms with Crippen LogP contribution in [-0.4, -0.2) is 32.2 Å². The number of phenolic OH excluding ortho intramolecular Hbond substituents is 3. The fourth-order valence-electron chi connectivity index (χ4n) is 3.04. The lowest BCUT2D eigenvalue weighted by Gasteiger charge is -2.13. The molecular weight excluding hydrogens is 428 g/mol. The molecule has 3 rings (SSSR count). The van der Waals surface area contributed by atoms with Gasteiger partial charge in [-0.05, 0) is 55.5 Å². The van der Waals surface area contributed by atoms with E-state index in [-0.39, 0.29) is 32.4 Å². The molecule has 30 heavy (non-hydrogen) atoms. The van der Waals surface area contributed by atoms with Crippen molar-refractivity contribution >= 4 is 19.7 Å². The highest BCUT2D eigenvalue weighted by molar-refractivity contribution is 7.91. The van der Waals surface area contributed by atoms with Crippen LogP contribution >= 0.6 is 0 Å². The van der Waals surface area contributed by atoms with Crippen LogP contribution in [0.3, 0.4) is 0 Å². The summed E-state index contributed by atoms with van der Waals surface area (Å²) >= 11 is 0. The van der Waals surface area contributed by atoms with Gasteiger partial charge in [0, 0.05) is 11.1 Å². The summed E-state index contributed by atoms with van der Waals surface area (Å²) < 4.78 is 50.8. The Morgan fingerprint density at radius 3 is 1.30 bits per heavy atom. The van der Waals surface area contributed by atoms with Crippen LogP contribution in [0.15, 0.2) is 70.5 Å². The third-order valence-electron chi connectivity index (χ3n) is 4.49. The van der Waals surface area contributed by atoms with Crippen molar-refractivity contribution in [1.82, 2.24) is 0 Å². The van der Waals surface area contributed by atoms with Gasteiger partial charge >= 0.3 is 0 Å². The SMILES string of the molecule is Cc1cc(CS(=O)(=O)c2ccc(O)cc2)c(O)c(CS(=O)(=O)c2ccc(O)cc2)c1. The highest BCUT2D eigenvalue weighted by Crippen LogP contribution is 2.31. The average Bonchev–Trinajstić information content (AvgIpc) is 2.65. The van der Waals surface area contributed by atoms with Crippen LogP contribution in [0.25, 0.3) is 0 Å². The van der Waals surface area contributed by atoms with Crippen LogP contribution < -0.4 is 0 Å². The van der Waals surface area contributed by atoms with E-state index in [4.69, 9.17) is 0 Å². The summed E-state index contributed by atoms with van der Waals surface area (Å²) in [5, 5.41) is 29.3. The molecule has 0 unspecified atom stereocenters. The van der Waals surface area contributed by atoms with E-state index in [1.165, 1.54) is 60.7 Å². The van der Waals surface area contributed by atoms with Gasteiger partial charge < -0.3 is 15.3 Å². The molecule has 0 aromatic heterocycles. The highest BCUT2D eigenvalue weighted by Gasteiger charge is 2.23. The lowest BCUT2D eigenvalue weighted by molar-refractivity contribution is 0.464. The molecule has 3 N–H and O–H groups in total. The number of aryl methyl sites for hydroxylation is 1. The fourth-order valence-corrected chi connectivity index (χ4v) is 5.73. The minimum absolute atomic E-state index is 0.0283. The van der Waals surface area contributed by atoms with Gasteiger partial charge in [-0.1, -0.05) is 17.7 Å². The number of benzene rings is 3. The Balaban J connectivity index is 1.95. The van der Waals surface area contributed by atoms with Crippen LogP contribution in [-0.2, 0) is 31.2 Å². The first-order valence-electron chi connectivity index (χ1n) is 8.83. The molecule has 3 aromatic carbocycles. The van der Waals surface area contributed by atoms with Crippen LogP contribution in [0.4, 0.5) is 0 Å². The van der Waals surface area contributed by atoms with E-state index < -0.39 is 36.9 Å². The molecule has 158 valence electrons. The molecule has 0 fully saturated rings. The molecule has 0 radical (unpaired) electrons. The first-order valence-corrected chi connectivity index (χ1v) is 12.1. The molecular formula is C21H20O7S2. The van der Waals surface area contributed by atoms with Gasteiger partial charge in [0.1, 0.15) is 17.2 Å². The maximum Gasteiger partial charge on any atom is 0.182 e. The third-order valence-corrected chi connectivity index (χ3v) is 7.86. The van der Waals surface area contributed by atoms with E-state index in [1.807, 2.05) is 0 Å². The zero-order chi connectivity index (χ0) is 22.1. The average molecular weight is 449 g/mol. The van der Waals surface area contributed by atoms with Crippen LogP contribution in [0.5, 0.6) is 17.2 Å². The lowest BCUT2D eigenvalue weighted by Crippen LogP contribution is -2.09. The minimum Gasteiger partial charge on any atom is -0.508 e. The van der Waals surface area contributed by atoms with Crippen molar-refractivity contribution in [1.29, 1.82) is 0 Å². The summed E-state index contributed by atoms with van der Waals surface area (Å²) in [5.74, 6) is -1.61. The predicted octanol–water partition coefficient (Wildman–Crippen LogP) is 3.06. The number of sulfone groups is 2. The molecule has 0 amide bonds. The largest absolute Gasteiger partial charge is 0.508 e. The van der Waals surface area contributed by atoms with E-state index >= 15 is 0 Å². The van der Waals surface area contributed by atoms with Gasteiger partial charge in [-0.2, -0.15) is 0 Å². The van der Waals surface area contributed by atoms with Crippen molar-refractivity contribution in [3.05, 3.63) is 77.4 Å². The van der Waals surface area contributed by atoms with E-state index in [9.17, 15) is 32.2 Å². The van der Waals surface area contributed by atoms with Crippen molar-refractivity contribution in [2.24, 2.45) is 0 Å². The Labute approximate surface area is 174 Å². The second kappa shape index (κ2) is 8.00. The van der Waals surface area contributed by atoms with Gasteiger partial charge in [0.25, 0.3) is 0 Å². The van der Waals surface area contributed by atoms with Gasteiger partial charge in [0.2, 0.25) is 0 Å².